The summed E-state index contributed by atoms with van der Waals surface area (Å²) in [5.74, 6) is 0.631. The number of nitrogens with zero attached hydrogens (tertiary/aromatic N) is 1. The van der Waals surface area contributed by atoms with Gasteiger partial charge in [0.05, 0.1) is 0 Å². The molecule has 0 heterocycles. The van der Waals surface area contributed by atoms with Crippen molar-refractivity contribution >= 4 is 17.5 Å². The summed E-state index contributed by atoms with van der Waals surface area (Å²) in [5, 5.41) is 0. The van der Waals surface area contributed by atoms with Gasteiger partial charge in [0, 0.05) is 25.4 Å². The van der Waals surface area contributed by atoms with Crippen LogP contribution in [0.25, 0.3) is 0 Å². The highest BCUT2D eigenvalue weighted by atomic mass is 35.5. The molecule has 17 heavy (non-hydrogen) atoms. The number of hydrogen-bond donors (Lipinski definition) is 0. The Labute approximate surface area is 109 Å². The lowest BCUT2D eigenvalue weighted by atomic mass is 10.1. The van der Waals surface area contributed by atoms with Crippen LogP contribution in [-0.2, 0) is 11.2 Å². The fraction of sp³-hybridized carbons (Fsp3) is 0.500. The molecule has 0 aliphatic carbocycles. The summed E-state index contributed by atoms with van der Waals surface area (Å²) >= 11 is 5.73. The van der Waals surface area contributed by atoms with Gasteiger partial charge in [-0.2, -0.15) is 0 Å². The van der Waals surface area contributed by atoms with Crippen LogP contribution in [0.2, 0.25) is 0 Å². The molecule has 1 unspecified atom stereocenters. The molecule has 94 valence electrons. The molecule has 0 saturated carbocycles. The third kappa shape index (κ3) is 4.39. The predicted molar refractivity (Wildman–Crippen MR) is 72.5 cm³/mol. The summed E-state index contributed by atoms with van der Waals surface area (Å²) in [5.41, 5.74) is 2.45. The number of halogens is 1. The van der Waals surface area contributed by atoms with E-state index >= 15 is 0 Å². The molecule has 0 aliphatic rings. The van der Waals surface area contributed by atoms with Gasteiger partial charge in [0.25, 0.3) is 0 Å². The molecule has 3 heteroatoms. The van der Waals surface area contributed by atoms with Crippen molar-refractivity contribution in [1.29, 1.82) is 0 Å². The highest BCUT2D eigenvalue weighted by Gasteiger charge is 2.14. The van der Waals surface area contributed by atoms with Crippen LogP contribution in [0.15, 0.2) is 24.3 Å². The zero-order valence-corrected chi connectivity index (χ0v) is 11.5. The third-order valence-corrected chi connectivity index (χ3v) is 3.43. The van der Waals surface area contributed by atoms with E-state index in [2.05, 4.69) is 25.1 Å². The second-order valence-electron chi connectivity index (χ2n) is 4.50. The predicted octanol–water partition coefficient (Wildman–Crippen LogP) is 3.01. The molecule has 1 aromatic rings. The molecule has 0 spiro atoms. The maximum absolute atomic E-state index is 11.9. The van der Waals surface area contributed by atoms with Gasteiger partial charge in [0.15, 0.2) is 0 Å². The van der Waals surface area contributed by atoms with Crippen molar-refractivity contribution in [2.75, 3.05) is 12.9 Å². The molecular formula is C14H20ClNO. The minimum atomic E-state index is 0.0988. The van der Waals surface area contributed by atoms with Crippen LogP contribution in [0.3, 0.4) is 0 Å². The largest absolute Gasteiger partial charge is 0.342 e. The smallest absolute Gasteiger partial charge is 0.222 e. The van der Waals surface area contributed by atoms with Crippen LogP contribution >= 0.6 is 11.6 Å². The number of aryl methyl sites for hydroxylation is 2. The molecule has 2 nitrogen and oxygen atoms in total. The molecule has 0 radical (unpaired) electrons. The van der Waals surface area contributed by atoms with E-state index in [-0.39, 0.29) is 11.9 Å². The zero-order valence-electron chi connectivity index (χ0n) is 10.7. The quantitative estimate of drug-likeness (QED) is 0.739. The molecule has 1 amide bonds. The molecule has 1 atom stereocenters. The van der Waals surface area contributed by atoms with Crippen molar-refractivity contribution < 1.29 is 4.79 Å². The minimum absolute atomic E-state index is 0.0988. The van der Waals surface area contributed by atoms with E-state index in [1.54, 1.807) is 4.90 Å². The number of amides is 1. The highest BCUT2D eigenvalue weighted by Crippen LogP contribution is 2.09. The van der Waals surface area contributed by atoms with Gasteiger partial charge < -0.3 is 4.90 Å². The van der Waals surface area contributed by atoms with E-state index in [0.717, 1.165) is 6.42 Å². The monoisotopic (exact) mass is 253 g/mol. The number of carbonyl (C=O) groups excluding carboxylic acids is 1. The lowest BCUT2D eigenvalue weighted by molar-refractivity contribution is -0.131. The van der Waals surface area contributed by atoms with Crippen LogP contribution in [-0.4, -0.2) is 29.8 Å². The number of alkyl halides is 1. The minimum Gasteiger partial charge on any atom is -0.342 e. The normalized spacial score (nSPS) is 12.2. The Kier molecular flexibility index (Phi) is 5.49. The highest BCUT2D eigenvalue weighted by molar-refractivity contribution is 6.18. The van der Waals surface area contributed by atoms with Gasteiger partial charge in [-0.1, -0.05) is 29.8 Å². The van der Waals surface area contributed by atoms with Crippen molar-refractivity contribution in [2.24, 2.45) is 0 Å². The Morgan fingerprint density at radius 2 is 2.18 bits per heavy atom. The average molecular weight is 254 g/mol. The second kappa shape index (κ2) is 6.65. The van der Waals surface area contributed by atoms with Gasteiger partial charge in [0.2, 0.25) is 5.91 Å². The van der Waals surface area contributed by atoms with Gasteiger partial charge >= 0.3 is 0 Å². The Balaban J connectivity index is 2.48. The molecule has 0 N–H and O–H groups in total. The molecule has 0 saturated heterocycles. The molecule has 0 aliphatic heterocycles. The Bertz CT molecular complexity index is 378. The first-order chi connectivity index (χ1) is 8.04. The molecule has 0 bridgehead atoms. The van der Waals surface area contributed by atoms with Gasteiger partial charge in [-0.05, 0) is 25.8 Å². The topological polar surface area (TPSA) is 20.3 Å². The van der Waals surface area contributed by atoms with Gasteiger partial charge in [-0.3, -0.25) is 4.79 Å². The fourth-order valence-electron chi connectivity index (χ4n) is 1.64. The van der Waals surface area contributed by atoms with Crippen molar-refractivity contribution in [2.45, 2.75) is 32.7 Å². The summed E-state index contributed by atoms with van der Waals surface area (Å²) in [7, 11) is 1.81. The summed E-state index contributed by atoms with van der Waals surface area (Å²) in [4.78, 5) is 13.6. The number of rotatable bonds is 5. The van der Waals surface area contributed by atoms with Crippen LogP contribution in [0, 0.1) is 6.92 Å². The second-order valence-corrected chi connectivity index (χ2v) is 4.81. The zero-order chi connectivity index (χ0) is 12.8. The van der Waals surface area contributed by atoms with Crippen molar-refractivity contribution in [3.63, 3.8) is 0 Å². The summed E-state index contributed by atoms with van der Waals surface area (Å²) in [6.07, 6.45) is 1.33. The van der Waals surface area contributed by atoms with E-state index < -0.39 is 0 Å². The molecule has 0 aromatic heterocycles. The third-order valence-electron chi connectivity index (χ3n) is 2.99. The number of carbonyl (C=O) groups is 1. The molecular weight excluding hydrogens is 234 g/mol. The fourth-order valence-corrected chi connectivity index (χ4v) is 1.85. The summed E-state index contributed by atoms with van der Waals surface area (Å²) in [6.45, 7) is 4.02. The van der Waals surface area contributed by atoms with E-state index in [0.29, 0.717) is 12.3 Å². The Morgan fingerprint density at radius 1 is 1.47 bits per heavy atom. The van der Waals surface area contributed by atoms with Crippen molar-refractivity contribution in [1.82, 2.24) is 4.90 Å². The molecule has 0 fully saturated rings. The summed E-state index contributed by atoms with van der Waals surface area (Å²) in [6, 6.07) is 8.37. The average Bonchev–Trinajstić information content (AvgIpc) is 2.34. The maximum atomic E-state index is 11.9. The maximum Gasteiger partial charge on any atom is 0.222 e. The van der Waals surface area contributed by atoms with Gasteiger partial charge in [-0.15, -0.1) is 11.6 Å². The van der Waals surface area contributed by atoms with E-state index in [1.165, 1.54) is 11.1 Å². The Morgan fingerprint density at radius 3 is 2.76 bits per heavy atom. The SMILES string of the molecule is Cc1cccc(CCC(=O)N(C)C(C)CCl)c1. The first kappa shape index (κ1) is 14.0. The van der Waals surface area contributed by atoms with Gasteiger partial charge in [0.1, 0.15) is 0 Å². The number of benzene rings is 1. The standard InChI is InChI=1S/C14H20ClNO/c1-11-5-4-6-13(9-11)7-8-14(17)16(3)12(2)10-15/h4-6,9,12H,7-8,10H2,1-3H3. The molecule has 1 aromatic carbocycles. The lowest BCUT2D eigenvalue weighted by Crippen LogP contribution is -2.36. The summed E-state index contributed by atoms with van der Waals surface area (Å²) < 4.78 is 0. The van der Waals surface area contributed by atoms with E-state index in [4.69, 9.17) is 11.6 Å². The van der Waals surface area contributed by atoms with Crippen LogP contribution in [0.4, 0.5) is 0 Å². The van der Waals surface area contributed by atoms with E-state index in [9.17, 15) is 4.79 Å². The van der Waals surface area contributed by atoms with Crippen LogP contribution in [0.1, 0.15) is 24.5 Å². The van der Waals surface area contributed by atoms with Gasteiger partial charge in [-0.25, -0.2) is 0 Å². The van der Waals surface area contributed by atoms with Crippen molar-refractivity contribution in [3.8, 4) is 0 Å². The van der Waals surface area contributed by atoms with Crippen molar-refractivity contribution in [3.05, 3.63) is 35.4 Å². The van der Waals surface area contributed by atoms with E-state index in [1.807, 2.05) is 20.0 Å². The number of hydrogen-bond acceptors (Lipinski definition) is 1. The Hall–Kier alpha value is -1.02. The first-order valence-electron chi connectivity index (χ1n) is 5.91. The molecule has 1 rings (SSSR count). The lowest BCUT2D eigenvalue weighted by Gasteiger charge is -2.23. The van der Waals surface area contributed by atoms with Crippen LogP contribution < -0.4 is 0 Å². The first-order valence-corrected chi connectivity index (χ1v) is 6.45. The van der Waals surface area contributed by atoms with Crippen LogP contribution in [0.5, 0.6) is 0 Å².